The summed E-state index contributed by atoms with van der Waals surface area (Å²) in [7, 11) is 0. The van der Waals surface area contributed by atoms with Gasteiger partial charge in [0.2, 0.25) is 0 Å². The molecule has 0 radical (unpaired) electrons. The van der Waals surface area contributed by atoms with Crippen molar-refractivity contribution in [2.24, 2.45) is 0 Å². The molecule has 1 N–H and O–H groups in total. The number of aromatic nitrogens is 3. The number of carboxylic acids is 1. The summed E-state index contributed by atoms with van der Waals surface area (Å²) >= 11 is 0. The van der Waals surface area contributed by atoms with Crippen LogP contribution in [0.5, 0.6) is 0 Å². The first-order chi connectivity index (χ1) is 6.88. The van der Waals surface area contributed by atoms with E-state index in [4.69, 9.17) is 5.11 Å². The minimum atomic E-state index is -1.29. The Hall–Kier alpha value is -1.46. The fourth-order valence-corrected chi connectivity index (χ4v) is 1.13. The molecule has 84 valence electrons. The Morgan fingerprint density at radius 3 is 2.87 bits per heavy atom. The highest BCUT2D eigenvalue weighted by Crippen LogP contribution is 2.15. The lowest BCUT2D eigenvalue weighted by Gasteiger charge is -2.13. The molecule has 0 atom stereocenters. The molecule has 0 unspecified atom stereocenters. The molecule has 5 nitrogen and oxygen atoms in total. The fraction of sp³-hybridized carbons (Fsp3) is 0.667. The molecule has 1 aromatic rings. The number of hydrogen-bond donors (Lipinski definition) is 1. The second-order valence-corrected chi connectivity index (χ2v) is 3.99. The van der Waals surface area contributed by atoms with Crippen LogP contribution in [0, 0.1) is 0 Å². The van der Waals surface area contributed by atoms with Gasteiger partial charge in [-0.2, -0.15) is 0 Å². The maximum Gasteiger partial charge on any atom is 0.309 e. The number of hydrogen-bond acceptors (Lipinski definition) is 3. The highest BCUT2D eigenvalue weighted by molar-refractivity contribution is 5.69. The van der Waals surface area contributed by atoms with Gasteiger partial charge in [0.05, 0.1) is 18.3 Å². The van der Waals surface area contributed by atoms with Crippen LogP contribution in [0.1, 0.15) is 26.0 Å². The van der Waals surface area contributed by atoms with Gasteiger partial charge in [-0.1, -0.05) is 5.21 Å². The van der Waals surface area contributed by atoms with Crippen molar-refractivity contribution >= 4 is 5.97 Å². The van der Waals surface area contributed by atoms with E-state index in [1.807, 2.05) is 0 Å². The fourth-order valence-electron chi connectivity index (χ4n) is 1.13. The van der Waals surface area contributed by atoms with E-state index in [9.17, 15) is 9.18 Å². The lowest BCUT2D eigenvalue weighted by molar-refractivity contribution is -0.136. The Morgan fingerprint density at radius 1 is 1.67 bits per heavy atom. The SMILES string of the molecule is CC(C)(F)CCn1nncc1CC(=O)O. The predicted octanol–water partition coefficient (Wildman–Crippen LogP) is 1.04. The van der Waals surface area contributed by atoms with Gasteiger partial charge in [0.25, 0.3) is 0 Å². The Bertz CT molecular complexity index is 343. The van der Waals surface area contributed by atoms with Crippen molar-refractivity contribution in [2.45, 2.75) is 38.9 Å². The number of alkyl halides is 1. The molecule has 0 amide bonds. The van der Waals surface area contributed by atoms with Crippen LogP contribution >= 0.6 is 0 Å². The molecule has 15 heavy (non-hydrogen) atoms. The maximum atomic E-state index is 13.2. The zero-order valence-corrected chi connectivity index (χ0v) is 8.77. The lowest BCUT2D eigenvalue weighted by atomic mass is 10.1. The Morgan fingerprint density at radius 2 is 2.33 bits per heavy atom. The molecule has 0 spiro atoms. The van der Waals surface area contributed by atoms with Crippen LogP contribution in [0.4, 0.5) is 4.39 Å². The van der Waals surface area contributed by atoms with Crippen molar-refractivity contribution in [3.05, 3.63) is 11.9 Å². The largest absolute Gasteiger partial charge is 0.481 e. The van der Waals surface area contributed by atoms with Gasteiger partial charge in [-0.05, 0) is 13.8 Å². The smallest absolute Gasteiger partial charge is 0.309 e. The number of carboxylic acid groups (broad SMARTS) is 1. The number of carbonyl (C=O) groups is 1. The number of nitrogens with zero attached hydrogens (tertiary/aromatic N) is 3. The van der Waals surface area contributed by atoms with Crippen LogP contribution < -0.4 is 0 Å². The van der Waals surface area contributed by atoms with Crippen LogP contribution in [0.3, 0.4) is 0 Å². The first kappa shape index (κ1) is 11.6. The summed E-state index contributed by atoms with van der Waals surface area (Å²) in [6.07, 6.45) is 1.53. The van der Waals surface area contributed by atoms with Crippen LogP contribution in [0.2, 0.25) is 0 Å². The van der Waals surface area contributed by atoms with E-state index in [-0.39, 0.29) is 12.8 Å². The van der Waals surface area contributed by atoms with E-state index in [0.29, 0.717) is 12.2 Å². The van der Waals surface area contributed by atoms with Crippen LogP contribution in [0.15, 0.2) is 6.20 Å². The molecule has 0 bridgehead atoms. The van der Waals surface area contributed by atoms with Crippen molar-refractivity contribution in [3.8, 4) is 0 Å². The lowest BCUT2D eigenvalue weighted by Crippen LogP contribution is -2.18. The molecule has 0 aliphatic rings. The Labute approximate surface area is 86.9 Å². The molecular formula is C9H14FN3O2. The van der Waals surface area contributed by atoms with Gasteiger partial charge in [0.1, 0.15) is 5.67 Å². The summed E-state index contributed by atoms with van der Waals surface area (Å²) in [5.74, 6) is -0.946. The first-order valence-corrected chi connectivity index (χ1v) is 4.66. The number of halogens is 1. The Kier molecular flexibility index (Phi) is 3.39. The summed E-state index contributed by atoms with van der Waals surface area (Å²) in [6, 6.07) is 0. The molecule has 0 aromatic carbocycles. The van der Waals surface area contributed by atoms with Gasteiger partial charge in [0, 0.05) is 13.0 Å². The number of aliphatic carboxylic acids is 1. The number of aryl methyl sites for hydroxylation is 1. The quantitative estimate of drug-likeness (QED) is 0.796. The summed E-state index contributed by atoms with van der Waals surface area (Å²) in [4.78, 5) is 10.5. The second kappa shape index (κ2) is 4.37. The minimum absolute atomic E-state index is 0.139. The first-order valence-electron chi connectivity index (χ1n) is 4.66. The summed E-state index contributed by atoms with van der Waals surface area (Å²) in [5.41, 5.74) is -0.793. The molecule has 1 rings (SSSR count). The third kappa shape index (κ3) is 4.05. The molecule has 1 heterocycles. The minimum Gasteiger partial charge on any atom is -0.481 e. The number of rotatable bonds is 5. The Balaban J connectivity index is 2.61. The average Bonchev–Trinajstić information content (AvgIpc) is 2.46. The molecule has 6 heteroatoms. The standard InChI is InChI=1S/C9H14FN3O2/c1-9(2,10)3-4-13-7(5-8(14)15)6-11-12-13/h6H,3-5H2,1-2H3,(H,14,15). The third-order valence-corrected chi connectivity index (χ3v) is 1.95. The molecule has 0 saturated heterocycles. The molecule has 0 aliphatic carbocycles. The van der Waals surface area contributed by atoms with Crippen LogP contribution in [-0.2, 0) is 17.8 Å². The van der Waals surface area contributed by atoms with Gasteiger partial charge < -0.3 is 5.11 Å². The van der Waals surface area contributed by atoms with Crippen molar-refractivity contribution in [2.75, 3.05) is 0 Å². The van der Waals surface area contributed by atoms with Crippen molar-refractivity contribution < 1.29 is 14.3 Å². The van der Waals surface area contributed by atoms with E-state index in [2.05, 4.69) is 10.3 Å². The van der Waals surface area contributed by atoms with E-state index < -0.39 is 11.6 Å². The molecule has 1 aromatic heterocycles. The van der Waals surface area contributed by atoms with Gasteiger partial charge in [-0.15, -0.1) is 5.10 Å². The topological polar surface area (TPSA) is 68.0 Å². The molecule has 0 fully saturated rings. The van der Waals surface area contributed by atoms with Gasteiger partial charge >= 0.3 is 5.97 Å². The third-order valence-electron chi connectivity index (χ3n) is 1.95. The van der Waals surface area contributed by atoms with Crippen LogP contribution in [0.25, 0.3) is 0 Å². The van der Waals surface area contributed by atoms with E-state index >= 15 is 0 Å². The van der Waals surface area contributed by atoms with Gasteiger partial charge in [-0.3, -0.25) is 4.79 Å². The summed E-state index contributed by atoms with van der Waals surface area (Å²) < 4.78 is 14.6. The molecular weight excluding hydrogens is 201 g/mol. The predicted molar refractivity (Wildman–Crippen MR) is 51.2 cm³/mol. The molecule has 0 saturated carbocycles. The highest BCUT2D eigenvalue weighted by Gasteiger charge is 2.17. The summed E-state index contributed by atoms with van der Waals surface area (Å²) in [6.45, 7) is 3.29. The van der Waals surface area contributed by atoms with Crippen molar-refractivity contribution in [1.82, 2.24) is 15.0 Å². The van der Waals surface area contributed by atoms with Gasteiger partial charge in [0.15, 0.2) is 0 Å². The van der Waals surface area contributed by atoms with E-state index in [1.54, 1.807) is 0 Å². The summed E-state index contributed by atoms with van der Waals surface area (Å²) in [5, 5.41) is 15.9. The van der Waals surface area contributed by atoms with E-state index in [0.717, 1.165) is 0 Å². The zero-order chi connectivity index (χ0) is 11.5. The van der Waals surface area contributed by atoms with Crippen molar-refractivity contribution in [3.63, 3.8) is 0 Å². The second-order valence-electron chi connectivity index (χ2n) is 3.99. The highest BCUT2D eigenvalue weighted by atomic mass is 19.1. The zero-order valence-electron chi connectivity index (χ0n) is 8.77. The van der Waals surface area contributed by atoms with Crippen LogP contribution in [-0.4, -0.2) is 31.7 Å². The molecule has 0 aliphatic heterocycles. The normalized spacial score (nSPS) is 11.7. The maximum absolute atomic E-state index is 13.2. The van der Waals surface area contributed by atoms with Crippen molar-refractivity contribution in [1.29, 1.82) is 0 Å². The van der Waals surface area contributed by atoms with E-state index in [1.165, 1.54) is 24.7 Å². The monoisotopic (exact) mass is 215 g/mol. The van der Waals surface area contributed by atoms with Gasteiger partial charge in [-0.25, -0.2) is 9.07 Å². The average molecular weight is 215 g/mol.